The molecular formula is C60H40N2. The van der Waals surface area contributed by atoms with Gasteiger partial charge in [0.25, 0.3) is 0 Å². The van der Waals surface area contributed by atoms with Crippen molar-refractivity contribution in [1.82, 2.24) is 9.13 Å². The molecule has 0 unspecified atom stereocenters. The van der Waals surface area contributed by atoms with Crippen molar-refractivity contribution in [2.24, 2.45) is 0 Å². The van der Waals surface area contributed by atoms with E-state index in [-0.39, 0.29) is 0 Å². The molecule has 2 heteroatoms. The van der Waals surface area contributed by atoms with Crippen LogP contribution in [-0.2, 0) is 0 Å². The predicted octanol–water partition coefficient (Wildman–Crippen LogP) is 16.2. The molecule has 0 aliphatic heterocycles. The van der Waals surface area contributed by atoms with Crippen molar-refractivity contribution in [3.05, 3.63) is 243 Å². The van der Waals surface area contributed by atoms with E-state index in [1.807, 2.05) is 0 Å². The Labute approximate surface area is 360 Å². The average Bonchev–Trinajstić information content (AvgIpc) is 3.87. The number of benzene rings is 10. The fourth-order valence-electron chi connectivity index (χ4n) is 9.75. The lowest BCUT2D eigenvalue weighted by molar-refractivity contribution is 1.16. The number of para-hydroxylation sites is 4. The smallest absolute Gasteiger partial charge is 0.0619 e. The number of nitrogens with zero attached hydrogens (tertiary/aromatic N) is 2. The van der Waals surface area contributed by atoms with E-state index in [1.54, 1.807) is 0 Å². The third-order valence-corrected chi connectivity index (χ3v) is 12.5. The first-order valence-electron chi connectivity index (χ1n) is 21.4. The van der Waals surface area contributed by atoms with Gasteiger partial charge in [-0.25, -0.2) is 0 Å². The summed E-state index contributed by atoms with van der Waals surface area (Å²) in [7, 11) is 0. The summed E-state index contributed by atoms with van der Waals surface area (Å²) in [6.45, 7) is 0. The second-order valence-corrected chi connectivity index (χ2v) is 16.0. The number of aromatic nitrogens is 2. The van der Waals surface area contributed by atoms with Gasteiger partial charge in [0.05, 0.1) is 33.4 Å². The van der Waals surface area contributed by atoms with Crippen LogP contribution in [0.3, 0.4) is 0 Å². The molecule has 0 saturated carbocycles. The molecule has 0 spiro atoms. The summed E-state index contributed by atoms with van der Waals surface area (Å²) in [4.78, 5) is 0. The minimum Gasteiger partial charge on any atom is -0.308 e. The molecule has 0 bridgehead atoms. The van der Waals surface area contributed by atoms with Gasteiger partial charge >= 0.3 is 0 Å². The average molecular weight is 789 g/mol. The van der Waals surface area contributed by atoms with Crippen molar-refractivity contribution < 1.29 is 0 Å². The third-order valence-electron chi connectivity index (χ3n) is 12.5. The highest BCUT2D eigenvalue weighted by atomic mass is 15.0. The molecule has 2 aromatic heterocycles. The molecule has 62 heavy (non-hydrogen) atoms. The molecule has 0 N–H and O–H groups in total. The molecule has 0 aliphatic rings. The Morgan fingerprint density at radius 1 is 0.210 bits per heavy atom. The first-order chi connectivity index (χ1) is 30.8. The third kappa shape index (κ3) is 5.80. The van der Waals surface area contributed by atoms with Gasteiger partial charge < -0.3 is 9.13 Å². The minimum atomic E-state index is 1.13. The van der Waals surface area contributed by atoms with Crippen LogP contribution < -0.4 is 0 Å². The molecule has 0 atom stereocenters. The van der Waals surface area contributed by atoms with Crippen LogP contribution in [0.15, 0.2) is 243 Å². The van der Waals surface area contributed by atoms with E-state index in [2.05, 4.69) is 252 Å². The Morgan fingerprint density at radius 3 is 0.952 bits per heavy atom. The van der Waals surface area contributed by atoms with E-state index in [0.717, 1.165) is 22.5 Å². The number of fused-ring (bicyclic) bond motifs is 6. The quantitative estimate of drug-likeness (QED) is 0.152. The predicted molar refractivity (Wildman–Crippen MR) is 262 cm³/mol. The molecule has 0 aliphatic carbocycles. The van der Waals surface area contributed by atoms with Crippen molar-refractivity contribution in [2.45, 2.75) is 0 Å². The van der Waals surface area contributed by atoms with Gasteiger partial charge in [0.2, 0.25) is 0 Å². The van der Waals surface area contributed by atoms with E-state index in [4.69, 9.17) is 0 Å². The molecule has 0 amide bonds. The maximum Gasteiger partial charge on any atom is 0.0619 e. The van der Waals surface area contributed by atoms with Crippen LogP contribution in [-0.4, -0.2) is 9.13 Å². The maximum atomic E-state index is 2.52. The van der Waals surface area contributed by atoms with Crippen molar-refractivity contribution in [3.8, 4) is 67.0 Å². The highest BCUT2D eigenvalue weighted by molar-refractivity contribution is 6.17. The molecule has 12 aromatic rings. The summed E-state index contributed by atoms with van der Waals surface area (Å²) in [5.74, 6) is 0. The zero-order valence-corrected chi connectivity index (χ0v) is 34.0. The van der Waals surface area contributed by atoms with Gasteiger partial charge in [-0.2, -0.15) is 0 Å². The van der Waals surface area contributed by atoms with Crippen LogP contribution in [0.5, 0.6) is 0 Å². The van der Waals surface area contributed by atoms with Crippen molar-refractivity contribution in [1.29, 1.82) is 0 Å². The lowest BCUT2D eigenvalue weighted by Crippen LogP contribution is -2.02. The maximum absolute atomic E-state index is 2.52. The summed E-state index contributed by atoms with van der Waals surface area (Å²) in [6, 6.07) is 88.5. The minimum absolute atomic E-state index is 1.13. The van der Waals surface area contributed by atoms with Crippen LogP contribution in [0.1, 0.15) is 0 Å². The summed E-state index contributed by atoms with van der Waals surface area (Å²) in [6.07, 6.45) is 0. The van der Waals surface area contributed by atoms with Crippen LogP contribution >= 0.6 is 0 Å². The van der Waals surface area contributed by atoms with Gasteiger partial charge in [-0.15, -0.1) is 0 Å². The molecule has 290 valence electrons. The summed E-state index contributed by atoms with van der Waals surface area (Å²) >= 11 is 0. The van der Waals surface area contributed by atoms with Gasteiger partial charge in [-0.1, -0.05) is 206 Å². The van der Waals surface area contributed by atoms with E-state index in [1.165, 1.54) is 88.1 Å². The lowest BCUT2D eigenvalue weighted by atomic mass is 9.99. The van der Waals surface area contributed by atoms with Gasteiger partial charge in [-0.05, 0) is 69.8 Å². The molecule has 0 fully saturated rings. The summed E-state index contributed by atoms with van der Waals surface area (Å²) < 4.78 is 5.03. The zero-order chi connectivity index (χ0) is 41.0. The van der Waals surface area contributed by atoms with Crippen molar-refractivity contribution in [2.75, 3.05) is 0 Å². The second kappa shape index (κ2) is 14.8. The summed E-state index contributed by atoms with van der Waals surface area (Å²) in [5.41, 5.74) is 18.9. The number of rotatable bonds is 7. The molecule has 2 nitrogen and oxygen atoms in total. The van der Waals surface area contributed by atoms with E-state index >= 15 is 0 Å². The van der Waals surface area contributed by atoms with E-state index < -0.39 is 0 Å². The van der Waals surface area contributed by atoms with E-state index in [0.29, 0.717) is 0 Å². The van der Waals surface area contributed by atoms with Gasteiger partial charge in [0.1, 0.15) is 0 Å². The Balaban J connectivity index is 1.15. The monoisotopic (exact) mass is 788 g/mol. The Kier molecular flexibility index (Phi) is 8.53. The SMILES string of the molecule is c1ccc(-c2ccc3c(c2)c2cccc(-c4ccccc4)c2n3-c2ccccc2-c2ccccc2-n2c3ccc(-c4ccccc4)cc3c3cccc(-c4ccccc4)c32)cc1. The molecule has 2 heterocycles. The topological polar surface area (TPSA) is 9.86 Å². The zero-order valence-electron chi connectivity index (χ0n) is 34.0. The first kappa shape index (κ1) is 35.7. The highest BCUT2D eigenvalue weighted by Gasteiger charge is 2.23. The number of hydrogen-bond acceptors (Lipinski definition) is 0. The van der Waals surface area contributed by atoms with Crippen LogP contribution in [0.4, 0.5) is 0 Å². The summed E-state index contributed by atoms with van der Waals surface area (Å²) in [5, 5.41) is 4.91. The largest absolute Gasteiger partial charge is 0.308 e. The molecule has 12 rings (SSSR count). The van der Waals surface area contributed by atoms with Crippen molar-refractivity contribution >= 4 is 43.6 Å². The lowest BCUT2D eigenvalue weighted by Gasteiger charge is -2.20. The van der Waals surface area contributed by atoms with Crippen LogP contribution in [0.25, 0.3) is 111 Å². The molecule has 0 radical (unpaired) electrons. The molecular weight excluding hydrogens is 749 g/mol. The number of hydrogen-bond donors (Lipinski definition) is 0. The second-order valence-electron chi connectivity index (χ2n) is 16.0. The first-order valence-corrected chi connectivity index (χ1v) is 21.4. The molecule has 0 saturated heterocycles. The van der Waals surface area contributed by atoms with Gasteiger partial charge in [-0.3, -0.25) is 0 Å². The Hall–Kier alpha value is -8.20. The normalized spacial score (nSPS) is 11.5. The standard InChI is InChI=1S/C60H40N2/c1-5-19-41(20-6-1)45-35-37-57-53(39-45)51-31-17-29-47(43-23-9-3-10-24-43)59(51)61(57)55-33-15-13-27-49(55)50-28-14-16-34-56(50)62-58-38-36-46(42-21-7-2-8-22-42)40-54(58)52-32-18-30-48(60(52)62)44-25-11-4-12-26-44/h1-40H. The van der Waals surface area contributed by atoms with E-state index in [9.17, 15) is 0 Å². The van der Waals surface area contributed by atoms with Gasteiger partial charge in [0, 0.05) is 43.8 Å². The van der Waals surface area contributed by atoms with Crippen molar-refractivity contribution in [3.63, 3.8) is 0 Å². The fourth-order valence-corrected chi connectivity index (χ4v) is 9.75. The molecule has 10 aromatic carbocycles. The fraction of sp³-hybridized carbons (Fsp3) is 0. The Bertz CT molecular complexity index is 3360. The van der Waals surface area contributed by atoms with Crippen LogP contribution in [0, 0.1) is 0 Å². The van der Waals surface area contributed by atoms with Gasteiger partial charge in [0.15, 0.2) is 0 Å². The Morgan fingerprint density at radius 2 is 0.548 bits per heavy atom. The van der Waals surface area contributed by atoms with Crippen LogP contribution in [0.2, 0.25) is 0 Å². The highest BCUT2D eigenvalue weighted by Crippen LogP contribution is 2.45.